The second kappa shape index (κ2) is 9.41. The summed E-state index contributed by atoms with van der Waals surface area (Å²) in [5.41, 5.74) is 3.08. The average Bonchev–Trinajstić information content (AvgIpc) is 2.85. The lowest BCUT2D eigenvalue weighted by Crippen LogP contribution is -2.36. The predicted molar refractivity (Wildman–Crippen MR) is 128 cm³/mol. The SMILES string of the molecule is O=c1c(-c2ccccc2)coc2cc(OC(CC3CCCCN3)c3ccccc3)ccc12. The number of hydrogen-bond acceptors (Lipinski definition) is 4. The Morgan fingerprint density at radius 3 is 2.50 bits per heavy atom. The number of ether oxygens (including phenoxy) is 1. The van der Waals surface area contributed by atoms with E-state index in [2.05, 4.69) is 17.4 Å². The fourth-order valence-corrected chi connectivity index (χ4v) is 4.47. The number of piperidine rings is 1. The first kappa shape index (κ1) is 20.5. The van der Waals surface area contributed by atoms with Crippen LogP contribution in [0.2, 0.25) is 0 Å². The highest BCUT2D eigenvalue weighted by atomic mass is 16.5. The average molecular weight is 426 g/mol. The highest BCUT2D eigenvalue weighted by Gasteiger charge is 2.22. The molecule has 5 rings (SSSR count). The van der Waals surface area contributed by atoms with Crippen LogP contribution in [0.25, 0.3) is 22.1 Å². The Kier molecular flexibility index (Phi) is 6.04. The summed E-state index contributed by atoms with van der Waals surface area (Å²) in [6.45, 7) is 1.07. The molecule has 4 aromatic rings. The standard InChI is InChI=1S/C28H27NO3/c30-28-24-15-14-23(18-27(24)31-19-25(28)20-9-3-1-4-10-20)32-26(21-11-5-2-6-12-21)17-22-13-7-8-16-29-22/h1-6,9-12,14-15,18-19,22,26,29H,7-8,13,16-17H2. The van der Waals surface area contributed by atoms with Gasteiger partial charge in [-0.25, -0.2) is 0 Å². The van der Waals surface area contributed by atoms with E-state index in [0.29, 0.717) is 28.3 Å². The maximum atomic E-state index is 13.0. The third-order valence-corrected chi connectivity index (χ3v) is 6.19. The fraction of sp³-hybridized carbons (Fsp3) is 0.250. The molecule has 1 fully saturated rings. The van der Waals surface area contributed by atoms with Crippen molar-refractivity contribution in [2.45, 2.75) is 37.8 Å². The second-order valence-electron chi connectivity index (χ2n) is 8.40. The maximum Gasteiger partial charge on any atom is 0.200 e. The fourth-order valence-electron chi connectivity index (χ4n) is 4.47. The summed E-state index contributed by atoms with van der Waals surface area (Å²) in [6.07, 6.45) is 6.04. The Morgan fingerprint density at radius 1 is 0.969 bits per heavy atom. The third kappa shape index (κ3) is 4.46. The van der Waals surface area contributed by atoms with Gasteiger partial charge < -0.3 is 14.5 Å². The van der Waals surface area contributed by atoms with Crippen LogP contribution in [0.5, 0.6) is 5.75 Å². The smallest absolute Gasteiger partial charge is 0.200 e. The molecule has 1 saturated heterocycles. The first-order valence-electron chi connectivity index (χ1n) is 11.3. The molecule has 3 aromatic carbocycles. The van der Waals surface area contributed by atoms with Gasteiger partial charge in [-0.1, -0.05) is 67.1 Å². The number of rotatable bonds is 6. The quantitative estimate of drug-likeness (QED) is 0.405. The van der Waals surface area contributed by atoms with Gasteiger partial charge in [-0.05, 0) is 42.6 Å². The molecule has 1 aromatic heterocycles. The number of fused-ring (bicyclic) bond motifs is 1. The number of nitrogens with one attached hydrogen (secondary N) is 1. The molecular formula is C28H27NO3. The normalized spacial score (nSPS) is 17.2. The van der Waals surface area contributed by atoms with E-state index >= 15 is 0 Å². The van der Waals surface area contributed by atoms with E-state index < -0.39 is 0 Å². The molecule has 0 saturated carbocycles. The van der Waals surface area contributed by atoms with Crippen molar-refractivity contribution < 1.29 is 9.15 Å². The van der Waals surface area contributed by atoms with E-state index in [1.54, 1.807) is 6.26 Å². The molecule has 0 bridgehead atoms. The number of benzene rings is 3. The highest BCUT2D eigenvalue weighted by molar-refractivity contribution is 5.82. The van der Waals surface area contributed by atoms with Gasteiger partial charge in [-0.15, -0.1) is 0 Å². The van der Waals surface area contributed by atoms with Crippen LogP contribution >= 0.6 is 0 Å². The molecule has 4 heteroatoms. The molecule has 32 heavy (non-hydrogen) atoms. The Hall–Kier alpha value is -3.37. The summed E-state index contributed by atoms with van der Waals surface area (Å²) in [4.78, 5) is 13.0. The summed E-state index contributed by atoms with van der Waals surface area (Å²) in [6, 6.07) is 25.9. The van der Waals surface area contributed by atoms with E-state index in [1.165, 1.54) is 19.3 Å². The van der Waals surface area contributed by atoms with Crippen LogP contribution in [0.4, 0.5) is 0 Å². The molecule has 4 nitrogen and oxygen atoms in total. The molecule has 0 radical (unpaired) electrons. The van der Waals surface area contributed by atoms with E-state index in [-0.39, 0.29) is 11.5 Å². The lowest BCUT2D eigenvalue weighted by molar-refractivity contribution is 0.169. The van der Waals surface area contributed by atoms with Crippen molar-refractivity contribution in [3.05, 3.63) is 101 Å². The Labute approximate surface area is 187 Å². The minimum absolute atomic E-state index is 0.0324. The lowest BCUT2D eigenvalue weighted by atomic mass is 9.95. The third-order valence-electron chi connectivity index (χ3n) is 6.19. The first-order valence-corrected chi connectivity index (χ1v) is 11.3. The molecule has 162 valence electrons. The summed E-state index contributed by atoms with van der Waals surface area (Å²) >= 11 is 0. The molecule has 1 aliphatic rings. The number of hydrogen-bond donors (Lipinski definition) is 1. The largest absolute Gasteiger partial charge is 0.486 e. The van der Waals surface area contributed by atoms with E-state index in [9.17, 15) is 4.79 Å². The van der Waals surface area contributed by atoms with Gasteiger partial charge in [0.15, 0.2) is 5.43 Å². The second-order valence-corrected chi connectivity index (χ2v) is 8.40. The van der Waals surface area contributed by atoms with Crippen LogP contribution in [0.15, 0.2) is 94.3 Å². The van der Waals surface area contributed by atoms with Gasteiger partial charge in [0.05, 0.1) is 10.9 Å². The van der Waals surface area contributed by atoms with E-state index in [1.807, 2.05) is 66.7 Å². The van der Waals surface area contributed by atoms with Gasteiger partial charge in [0.1, 0.15) is 23.7 Å². The lowest BCUT2D eigenvalue weighted by Gasteiger charge is -2.28. The monoisotopic (exact) mass is 425 g/mol. The molecule has 1 N–H and O–H groups in total. The van der Waals surface area contributed by atoms with Crippen molar-refractivity contribution in [1.82, 2.24) is 5.32 Å². The molecule has 0 spiro atoms. The van der Waals surface area contributed by atoms with Crippen molar-refractivity contribution in [2.75, 3.05) is 6.54 Å². The van der Waals surface area contributed by atoms with E-state index in [4.69, 9.17) is 9.15 Å². The van der Waals surface area contributed by atoms with Crippen LogP contribution in [-0.4, -0.2) is 12.6 Å². The Balaban J connectivity index is 1.44. The van der Waals surface area contributed by atoms with Crippen molar-refractivity contribution in [2.24, 2.45) is 0 Å². The molecule has 2 unspecified atom stereocenters. The summed E-state index contributed by atoms with van der Waals surface area (Å²) in [5, 5.41) is 4.18. The highest BCUT2D eigenvalue weighted by Crippen LogP contribution is 2.30. The van der Waals surface area contributed by atoms with Gasteiger partial charge in [0.2, 0.25) is 0 Å². The van der Waals surface area contributed by atoms with Gasteiger partial charge in [-0.2, -0.15) is 0 Å². The summed E-state index contributed by atoms with van der Waals surface area (Å²) in [5.74, 6) is 0.706. The molecule has 0 amide bonds. The molecular weight excluding hydrogens is 398 g/mol. The van der Waals surface area contributed by atoms with Gasteiger partial charge in [-0.3, -0.25) is 4.79 Å². The van der Waals surface area contributed by atoms with Crippen LogP contribution in [0.1, 0.15) is 37.4 Å². The first-order chi connectivity index (χ1) is 15.8. The molecule has 2 atom stereocenters. The molecule has 2 heterocycles. The summed E-state index contributed by atoms with van der Waals surface area (Å²) in [7, 11) is 0. The Bertz CT molecular complexity index is 1230. The Morgan fingerprint density at radius 2 is 1.75 bits per heavy atom. The van der Waals surface area contributed by atoms with E-state index in [0.717, 1.165) is 24.1 Å². The minimum Gasteiger partial charge on any atom is -0.486 e. The molecule has 1 aliphatic heterocycles. The zero-order valence-corrected chi connectivity index (χ0v) is 18.0. The van der Waals surface area contributed by atoms with Crippen molar-refractivity contribution in [3.8, 4) is 16.9 Å². The minimum atomic E-state index is -0.0698. The van der Waals surface area contributed by atoms with Crippen molar-refractivity contribution >= 4 is 11.0 Å². The van der Waals surface area contributed by atoms with Crippen molar-refractivity contribution in [1.29, 1.82) is 0 Å². The van der Waals surface area contributed by atoms with Crippen molar-refractivity contribution in [3.63, 3.8) is 0 Å². The van der Waals surface area contributed by atoms with Gasteiger partial charge >= 0.3 is 0 Å². The van der Waals surface area contributed by atoms with Gasteiger partial charge in [0, 0.05) is 18.5 Å². The predicted octanol–water partition coefficient (Wildman–Crippen LogP) is 6.11. The zero-order valence-electron chi connectivity index (χ0n) is 18.0. The van der Waals surface area contributed by atoms with Gasteiger partial charge in [0.25, 0.3) is 0 Å². The maximum absolute atomic E-state index is 13.0. The van der Waals surface area contributed by atoms with Crippen LogP contribution < -0.4 is 15.5 Å². The van der Waals surface area contributed by atoms with Crippen LogP contribution in [-0.2, 0) is 0 Å². The van der Waals surface area contributed by atoms with Crippen LogP contribution in [0.3, 0.4) is 0 Å². The van der Waals surface area contributed by atoms with Crippen LogP contribution in [0, 0.1) is 0 Å². The molecule has 0 aliphatic carbocycles. The summed E-state index contributed by atoms with van der Waals surface area (Å²) < 4.78 is 12.3. The topological polar surface area (TPSA) is 51.5 Å². The zero-order chi connectivity index (χ0) is 21.8.